The van der Waals surface area contributed by atoms with Crippen molar-refractivity contribution in [3.63, 3.8) is 0 Å². The predicted octanol–water partition coefficient (Wildman–Crippen LogP) is 2.68. The molecule has 0 saturated heterocycles. The zero-order valence-corrected chi connectivity index (χ0v) is 12.8. The summed E-state index contributed by atoms with van der Waals surface area (Å²) in [5.41, 5.74) is 2.70. The second kappa shape index (κ2) is 5.53. The zero-order valence-electron chi connectivity index (χ0n) is 12.0. The van der Waals surface area contributed by atoms with Gasteiger partial charge in [0, 0.05) is 31.0 Å². The Morgan fingerprint density at radius 1 is 1.32 bits per heavy atom. The van der Waals surface area contributed by atoms with Gasteiger partial charge in [0.1, 0.15) is 9.84 Å². The molecule has 1 atom stereocenters. The van der Waals surface area contributed by atoms with Gasteiger partial charge in [-0.1, -0.05) is 32.0 Å². The SMILES string of the molecule is CC(C)[C@@H]1CN(CCCS(C)(=O)=O)c2ccccc21. The average molecular weight is 281 g/mol. The van der Waals surface area contributed by atoms with Gasteiger partial charge in [-0.25, -0.2) is 8.42 Å². The summed E-state index contributed by atoms with van der Waals surface area (Å²) >= 11 is 0. The molecule has 0 radical (unpaired) electrons. The summed E-state index contributed by atoms with van der Waals surface area (Å²) in [5.74, 6) is 1.45. The molecule has 1 aromatic rings. The van der Waals surface area contributed by atoms with Crippen LogP contribution in [0.25, 0.3) is 0 Å². The summed E-state index contributed by atoms with van der Waals surface area (Å²) < 4.78 is 22.4. The fourth-order valence-corrected chi connectivity index (χ4v) is 3.48. The van der Waals surface area contributed by atoms with Crippen LogP contribution in [-0.4, -0.2) is 33.5 Å². The van der Waals surface area contributed by atoms with Crippen molar-refractivity contribution in [3.8, 4) is 0 Å². The molecule has 1 aliphatic heterocycles. The van der Waals surface area contributed by atoms with E-state index in [2.05, 4.69) is 43.0 Å². The molecule has 1 aromatic carbocycles. The molecule has 106 valence electrons. The normalized spacial score (nSPS) is 18.9. The number of benzene rings is 1. The molecule has 0 unspecified atom stereocenters. The lowest BCUT2D eigenvalue weighted by atomic mass is 9.90. The highest BCUT2D eigenvalue weighted by Gasteiger charge is 2.29. The second-order valence-electron chi connectivity index (χ2n) is 5.84. The Kier molecular flexibility index (Phi) is 4.19. The first-order valence-electron chi connectivity index (χ1n) is 6.90. The Morgan fingerprint density at radius 3 is 2.63 bits per heavy atom. The fraction of sp³-hybridized carbons (Fsp3) is 0.600. The molecule has 0 fully saturated rings. The van der Waals surface area contributed by atoms with Crippen LogP contribution < -0.4 is 4.90 Å². The van der Waals surface area contributed by atoms with E-state index in [0.29, 0.717) is 18.3 Å². The fourth-order valence-electron chi connectivity index (χ4n) is 2.82. The van der Waals surface area contributed by atoms with Crippen molar-refractivity contribution in [3.05, 3.63) is 29.8 Å². The van der Waals surface area contributed by atoms with Gasteiger partial charge in [-0.2, -0.15) is 0 Å². The van der Waals surface area contributed by atoms with E-state index in [9.17, 15) is 8.42 Å². The zero-order chi connectivity index (χ0) is 14.0. The summed E-state index contributed by atoms with van der Waals surface area (Å²) in [6.07, 6.45) is 2.01. The lowest BCUT2D eigenvalue weighted by Crippen LogP contribution is -2.25. The van der Waals surface area contributed by atoms with Crippen LogP contribution in [0.3, 0.4) is 0 Å². The molecule has 1 heterocycles. The molecular formula is C15H23NO2S. The van der Waals surface area contributed by atoms with E-state index in [4.69, 9.17) is 0 Å². The van der Waals surface area contributed by atoms with Gasteiger partial charge in [0.05, 0.1) is 5.75 Å². The number of sulfone groups is 1. The summed E-state index contributed by atoms with van der Waals surface area (Å²) in [5, 5.41) is 0. The Hall–Kier alpha value is -1.03. The molecule has 4 heteroatoms. The third-order valence-corrected chi connectivity index (χ3v) is 4.87. The minimum atomic E-state index is -2.85. The van der Waals surface area contributed by atoms with Crippen LogP contribution in [0.15, 0.2) is 24.3 Å². The summed E-state index contributed by atoms with van der Waals surface area (Å²) in [7, 11) is -2.85. The van der Waals surface area contributed by atoms with Crippen molar-refractivity contribution < 1.29 is 8.42 Å². The van der Waals surface area contributed by atoms with Crippen molar-refractivity contribution in [2.24, 2.45) is 5.92 Å². The van der Waals surface area contributed by atoms with Gasteiger partial charge in [0.15, 0.2) is 0 Å². The van der Waals surface area contributed by atoms with Crippen LogP contribution in [0.4, 0.5) is 5.69 Å². The maximum atomic E-state index is 11.2. The van der Waals surface area contributed by atoms with Gasteiger partial charge < -0.3 is 4.90 Å². The van der Waals surface area contributed by atoms with Crippen LogP contribution in [0, 0.1) is 5.92 Å². The molecule has 0 N–H and O–H groups in total. The van der Waals surface area contributed by atoms with Crippen LogP contribution >= 0.6 is 0 Å². The number of hydrogen-bond donors (Lipinski definition) is 0. The maximum absolute atomic E-state index is 11.2. The molecule has 1 aliphatic rings. The van der Waals surface area contributed by atoms with E-state index < -0.39 is 9.84 Å². The molecule has 0 spiro atoms. The molecule has 0 amide bonds. The summed E-state index contributed by atoms with van der Waals surface area (Å²) in [4.78, 5) is 2.34. The third-order valence-electron chi connectivity index (χ3n) is 3.84. The Morgan fingerprint density at radius 2 is 2.00 bits per heavy atom. The molecule has 0 saturated carbocycles. The number of fused-ring (bicyclic) bond motifs is 1. The average Bonchev–Trinajstić information content (AvgIpc) is 2.67. The number of rotatable bonds is 5. The van der Waals surface area contributed by atoms with E-state index in [1.165, 1.54) is 17.5 Å². The van der Waals surface area contributed by atoms with E-state index in [-0.39, 0.29) is 5.75 Å². The minimum absolute atomic E-state index is 0.276. The molecule has 0 bridgehead atoms. The van der Waals surface area contributed by atoms with Crippen LogP contribution in [0.1, 0.15) is 31.7 Å². The van der Waals surface area contributed by atoms with Gasteiger partial charge in [0.2, 0.25) is 0 Å². The number of hydrogen-bond acceptors (Lipinski definition) is 3. The molecule has 2 rings (SSSR count). The van der Waals surface area contributed by atoms with E-state index >= 15 is 0 Å². The monoisotopic (exact) mass is 281 g/mol. The largest absolute Gasteiger partial charge is 0.371 e. The first-order valence-corrected chi connectivity index (χ1v) is 8.96. The maximum Gasteiger partial charge on any atom is 0.147 e. The van der Waals surface area contributed by atoms with E-state index in [1.54, 1.807) is 0 Å². The predicted molar refractivity (Wildman–Crippen MR) is 80.6 cm³/mol. The number of nitrogens with zero attached hydrogens (tertiary/aromatic N) is 1. The Bertz CT molecular complexity index is 537. The van der Waals surface area contributed by atoms with Crippen LogP contribution in [0.5, 0.6) is 0 Å². The Balaban J connectivity index is 2.08. The first kappa shape index (κ1) is 14.4. The van der Waals surface area contributed by atoms with Gasteiger partial charge in [-0.15, -0.1) is 0 Å². The Labute approximate surface area is 116 Å². The number of anilines is 1. The lowest BCUT2D eigenvalue weighted by molar-refractivity contribution is 0.514. The van der Waals surface area contributed by atoms with Crippen molar-refractivity contribution in [1.82, 2.24) is 0 Å². The molecule has 3 nitrogen and oxygen atoms in total. The topological polar surface area (TPSA) is 37.4 Å². The standard InChI is InChI=1S/C15H23NO2S/c1-12(2)14-11-16(9-6-10-19(3,17)18)15-8-5-4-7-13(14)15/h4-5,7-8,12,14H,6,9-11H2,1-3H3/t14-/m0/s1. The summed E-state index contributed by atoms with van der Waals surface area (Å²) in [6.45, 7) is 6.34. The minimum Gasteiger partial charge on any atom is -0.371 e. The van der Waals surface area contributed by atoms with Crippen molar-refractivity contribution in [2.45, 2.75) is 26.2 Å². The highest BCUT2D eigenvalue weighted by atomic mass is 32.2. The van der Waals surface area contributed by atoms with Crippen LogP contribution in [0.2, 0.25) is 0 Å². The van der Waals surface area contributed by atoms with E-state index in [0.717, 1.165) is 13.1 Å². The van der Waals surface area contributed by atoms with Gasteiger partial charge in [-0.05, 0) is 24.0 Å². The van der Waals surface area contributed by atoms with Crippen molar-refractivity contribution in [2.75, 3.05) is 30.0 Å². The summed E-state index contributed by atoms with van der Waals surface area (Å²) in [6, 6.07) is 8.51. The molecule has 0 aliphatic carbocycles. The van der Waals surface area contributed by atoms with Gasteiger partial charge >= 0.3 is 0 Å². The van der Waals surface area contributed by atoms with Crippen molar-refractivity contribution >= 4 is 15.5 Å². The number of para-hydroxylation sites is 1. The van der Waals surface area contributed by atoms with E-state index in [1.807, 2.05) is 0 Å². The molecule has 0 aromatic heterocycles. The van der Waals surface area contributed by atoms with Crippen molar-refractivity contribution in [1.29, 1.82) is 0 Å². The smallest absolute Gasteiger partial charge is 0.147 e. The first-order chi connectivity index (χ1) is 8.88. The molecule has 19 heavy (non-hydrogen) atoms. The highest BCUT2D eigenvalue weighted by Crippen LogP contribution is 2.39. The quantitative estimate of drug-likeness (QED) is 0.832. The lowest BCUT2D eigenvalue weighted by Gasteiger charge is -2.20. The van der Waals surface area contributed by atoms with Crippen LogP contribution in [-0.2, 0) is 9.84 Å². The van der Waals surface area contributed by atoms with Gasteiger partial charge in [-0.3, -0.25) is 0 Å². The third kappa shape index (κ3) is 3.50. The molecular weight excluding hydrogens is 258 g/mol. The van der Waals surface area contributed by atoms with Gasteiger partial charge in [0.25, 0.3) is 0 Å². The second-order valence-corrected chi connectivity index (χ2v) is 8.10. The highest BCUT2D eigenvalue weighted by molar-refractivity contribution is 7.90.